The third kappa shape index (κ3) is 10.3. The molecular formula is C32H47NO3. The molecule has 1 aliphatic carbocycles. The number of benzene rings is 1. The molecule has 1 heterocycles. The smallest absolute Gasteiger partial charge is 0.343 e. The number of pyridine rings is 1. The van der Waals surface area contributed by atoms with Crippen LogP contribution in [0.2, 0.25) is 0 Å². The van der Waals surface area contributed by atoms with Gasteiger partial charge >= 0.3 is 5.97 Å². The Bertz CT molecular complexity index is 854. The molecule has 0 N–H and O–H groups in total. The number of nitrogens with zero attached hydrogens (tertiary/aromatic N) is 1. The minimum absolute atomic E-state index is 0.370. The predicted molar refractivity (Wildman–Crippen MR) is 148 cm³/mol. The average molecular weight is 494 g/mol. The van der Waals surface area contributed by atoms with Crippen molar-refractivity contribution in [1.29, 1.82) is 0 Å². The van der Waals surface area contributed by atoms with Crippen LogP contribution in [0.15, 0.2) is 42.6 Å². The summed E-state index contributed by atoms with van der Waals surface area (Å²) in [4.78, 5) is 17.1. The highest BCUT2D eigenvalue weighted by molar-refractivity contribution is 5.91. The fraction of sp³-hybridized carbons (Fsp3) is 0.625. The van der Waals surface area contributed by atoms with Crippen molar-refractivity contribution in [3.63, 3.8) is 0 Å². The normalized spacial score (nSPS) is 17.6. The Morgan fingerprint density at radius 2 is 1.42 bits per heavy atom. The van der Waals surface area contributed by atoms with E-state index >= 15 is 0 Å². The fourth-order valence-corrected chi connectivity index (χ4v) is 5.21. The second kappa shape index (κ2) is 16.4. The summed E-state index contributed by atoms with van der Waals surface area (Å²) in [5.74, 6) is 2.70. The highest BCUT2D eigenvalue weighted by Crippen LogP contribution is 2.34. The Hall–Kier alpha value is -2.36. The van der Waals surface area contributed by atoms with Gasteiger partial charge in [0.1, 0.15) is 11.5 Å². The molecule has 0 unspecified atom stereocenters. The quantitative estimate of drug-likeness (QED) is 0.173. The number of carbonyl (C=O) groups excluding carboxylic acids is 1. The molecule has 1 aromatic carbocycles. The van der Waals surface area contributed by atoms with E-state index in [1.807, 2.05) is 24.3 Å². The number of hydrogen-bond acceptors (Lipinski definition) is 4. The van der Waals surface area contributed by atoms with Crippen molar-refractivity contribution >= 4 is 5.97 Å². The summed E-state index contributed by atoms with van der Waals surface area (Å²) in [6.45, 7) is 5.19. The van der Waals surface area contributed by atoms with Crippen LogP contribution in [0.4, 0.5) is 0 Å². The maximum atomic E-state index is 12.5. The Morgan fingerprint density at radius 3 is 2.06 bits per heavy atom. The number of rotatable bonds is 16. The fourth-order valence-electron chi connectivity index (χ4n) is 5.21. The molecule has 1 aromatic heterocycles. The number of unbranched alkanes of at least 4 members (excludes halogenated alkanes) is 6. The molecule has 0 radical (unpaired) electrons. The van der Waals surface area contributed by atoms with E-state index in [4.69, 9.17) is 9.47 Å². The van der Waals surface area contributed by atoms with Gasteiger partial charge in [0, 0.05) is 5.69 Å². The molecule has 4 nitrogen and oxygen atoms in total. The molecule has 1 fully saturated rings. The van der Waals surface area contributed by atoms with Gasteiger partial charge in [0.15, 0.2) is 0 Å². The van der Waals surface area contributed by atoms with Gasteiger partial charge in [-0.15, -0.1) is 0 Å². The second-order valence-corrected chi connectivity index (χ2v) is 10.6. The Kier molecular flexibility index (Phi) is 12.9. The lowest BCUT2D eigenvalue weighted by Crippen LogP contribution is -2.15. The van der Waals surface area contributed by atoms with E-state index in [0.29, 0.717) is 17.9 Å². The van der Waals surface area contributed by atoms with Crippen molar-refractivity contribution in [3.8, 4) is 11.5 Å². The second-order valence-electron chi connectivity index (χ2n) is 10.6. The zero-order chi connectivity index (χ0) is 25.4. The molecule has 0 atom stereocenters. The third-order valence-electron chi connectivity index (χ3n) is 7.61. The van der Waals surface area contributed by atoms with E-state index in [1.165, 1.54) is 83.5 Å². The van der Waals surface area contributed by atoms with Crippen molar-refractivity contribution in [3.05, 3.63) is 53.9 Å². The van der Waals surface area contributed by atoms with Gasteiger partial charge < -0.3 is 9.47 Å². The molecule has 4 heteroatoms. The van der Waals surface area contributed by atoms with Crippen LogP contribution >= 0.6 is 0 Å². The molecule has 0 amide bonds. The number of esters is 1. The van der Waals surface area contributed by atoms with Crippen LogP contribution in [-0.4, -0.2) is 17.6 Å². The SMILES string of the molecule is CCCCCCOc1ccc(C(=O)Oc2ccc(CC[C@H]3CC[C@H](CCCCCC)CC3)nc2)cc1. The zero-order valence-electron chi connectivity index (χ0n) is 22.7. The summed E-state index contributed by atoms with van der Waals surface area (Å²) in [6.07, 6.45) is 21.1. The monoisotopic (exact) mass is 493 g/mol. The first-order valence-electron chi connectivity index (χ1n) is 14.6. The van der Waals surface area contributed by atoms with Crippen molar-refractivity contribution < 1.29 is 14.3 Å². The van der Waals surface area contributed by atoms with E-state index in [0.717, 1.165) is 36.1 Å². The molecule has 1 saturated carbocycles. The topological polar surface area (TPSA) is 48.4 Å². The molecular weight excluding hydrogens is 446 g/mol. The maximum Gasteiger partial charge on any atom is 0.343 e. The van der Waals surface area contributed by atoms with Crippen molar-refractivity contribution in [1.82, 2.24) is 4.98 Å². The number of aryl methyl sites for hydroxylation is 1. The largest absolute Gasteiger partial charge is 0.494 e. The van der Waals surface area contributed by atoms with Gasteiger partial charge in [0.2, 0.25) is 0 Å². The first kappa shape index (κ1) is 28.2. The molecule has 0 aliphatic heterocycles. The highest BCUT2D eigenvalue weighted by atomic mass is 16.5. The van der Waals surface area contributed by atoms with Gasteiger partial charge in [-0.3, -0.25) is 4.98 Å². The van der Waals surface area contributed by atoms with Crippen LogP contribution in [0.25, 0.3) is 0 Å². The molecule has 198 valence electrons. The summed E-state index contributed by atoms with van der Waals surface area (Å²) >= 11 is 0. The zero-order valence-corrected chi connectivity index (χ0v) is 22.7. The van der Waals surface area contributed by atoms with E-state index in [-0.39, 0.29) is 5.97 Å². The van der Waals surface area contributed by atoms with Crippen LogP contribution in [0.3, 0.4) is 0 Å². The lowest BCUT2D eigenvalue weighted by atomic mass is 9.78. The van der Waals surface area contributed by atoms with Gasteiger partial charge in [-0.2, -0.15) is 0 Å². The first-order chi connectivity index (χ1) is 17.7. The molecule has 0 spiro atoms. The molecule has 0 bridgehead atoms. The average Bonchev–Trinajstić information content (AvgIpc) is 2.91. The summed E-state index contributed by atoms with van der Waals surface area (Å²) in [6, 6.07) is 11.0. The lowest BCUT2D eigenvalue weighted by molar-refractivity contribution is 0.0734. The molecule has 1 aliphatic rings. The van der Waals surface area contributed by atoms with Gasteiger partial charge in [0.25, 0.3) is 0 Å². The molecule has 36 heavy (non-hydrogen) atoms. The Labute approximate surface area is 219 Å². The summed E-state index contributed by atoms with van der Waals surface area (Å²) in [5.41, 5.74) is 1.59. The molecule has 3 rings (SSSR count). The first-order valence-corrected chi connectivity index (χ1v) is 14.6. The summed E-state index contributed by atoms with van der Waals surface area (Å²) < 4.78 is 11.3. The van der Waals surface area contributed by atoms with Gasteiger partial charge in [-0.1, -0.05) is 90.9 Å². The van der Waals surface area contributed by atoms with Crippen LogP contribution in [0.1, 0.15) is 120 Å². The standard InChI is InChI=1S/C32H47NO3/c1-3-5-7-9-11-26-12-14-27(15-13-26)16-19-29-20-23-31(25-33-29)36-32(34)28-17-21-30(22-18-28)35-24-10-8-6-4-2/h17-18,20-23,25-27H,3-16,19,24H2,1-2H3/t26-,27-. The number of hydrogen-bond donors (Lipinski definition) is 0. The van der Waals surface area contributed by atoms with Gasteiger partial charge in [-0.25, -0.2) is 4.79 Å². The highest BCUT2D eigenvalue weighted by Gasteiger charge is 2.20. The van der Waals surface area contributed by atoms with E-state index in [1.54, 1.807) is 18.3 Å². The van der Waals surface area contributed by atoms with E-state index in [2.05, 4.69) is 18.8 Å². The number of carbonyl (C=O) groups is 1. The van der Waals surface area contributed by atoms with Crippen molar-refractivity contribution in [2.24, 2.45) is 11.8 Å². The van der Waals surface area contributed by atoms with Crippen molar-refractivity contribution in [2.45, 2.75) is 110 Å². The minimum atomic E-state index is -0.370. The van der Waals surface area contributed by atoms with Gasteiger partial charge in [0.05, 0.1) is 18.4 Å². The van der Waals surface area contributed by atoms with Crippen LogP contribution in [-0.2, 0) is 6.42 Å². The van der Waals surface area contributed by atoms with Crippen molar-refractivity contribution in [2.75, 3.05) is 6.61 Å². The maximum absolute atomic E-state index is 12.5. The summed E-state index contributed by atoms with van der Waals surface area (Å²) in [7, 11) is 0. The predicted octanol–water partition coefficient (Wildman–Crippen LogP) is 8.97. The Morgan fingerprint density at radius 1 is 0.778 bits per heavy atom. The van der Waals surface area contributed by atoms with E-state index in [9.17, 15) is 4.79 Å². The Balaban J connectivity index is 1.34. The van der Waals surface area contributed by atoms with E-state index < -0.39 is 0 Å². The number of ether oxygens (including phenoxy) is 2. The lowest BCUT2D eigenvalue weighted by Gasteiger charge is -2.28. The molecule has 0 saturated heterocycles. The molecule has 2 aromatic rings. The minimum Gasteiger partial charge on any atom is -0.494 e. The van der Waals surface area contributed by atoms with Crippen LogP contribution in [0, 0.1) is 11.8 Å². The van der Waals surface area contributed by atoms with Gasteiger partial charge in [-0.05, 0) is 67.5 Å². The van der Waals surface area contributed by atoms with Crippen LogP contribution in [0.5, 0.6) is 11.5 Å². The van der Waals surface area contributed by atoms with Crippen LogP contribution < -0.4 is 9.47 Å². The third-order valence-corrected chi connectivity index (χ3v) is 7.61. The number of aromatic nitrogens is 1. The summed E-state index contributed by atoms with van der Waals surface area (Å²) in [5, 5.41) is 0.